The van der Waals surface area contributed by atoms with Gasteiger partial charge in [0.15, 0.2) is 0 Å². The number of para-hydroxylation sites is 1. The summed E-state index contributed by atoms with van der Waals surface area (Å²) in [4.78, 5) is 31.9. The number of rotatable bonds is 5. The number of hydrogen-bond donors (Lipinski definition) is 1. The molecule has 6 nitrogen and oxygen atoms in total. The Morgan fingerprint density at radius 1 is 1.07 bits per heavy atom. The van der Waals surface area contributed by atoms with E-state index in [0.717, 1.165) is 50.5 Å². The SMILES string of the molecule is Cc1ccccc1NC(=O)C(C)N1CCN(CC(=O)N2CC(C)CC(C)C2)CC1. The molecular weight excluding hydrogens is 364 g/mol. The number of nitrogens with one attached hydrogen (secondary N) is 1. The molecule has 2 heterocycles. The summed E-state index contributed by atoms with van der Waals surface area (Å²) in [5.74, 6) is 1.46. The minimum absolute atomic E-state index is 0.0279. The monoisotopic (exact) mass is 400 g/mol. The summed E-state index contributed by atoms with van der Waals surface area (Å²) < 4.78 is 0. The number of amides is 2. The zero-order valence-electron chi connectivity index (χ0n) is 18.4. The minimum atomic E-state index is -0.184. The smallest absolute Gasteiger partial charge is 0.241 e. The number of benzene rings is 1. The fraction of sp³-hybridized carbons (Fsp3) is 0.652. The molecule has 0 spiro atoms. The van der Waals surface area contributed by atoms with Crippen LogP contribution in [0.5, 0.6) is 0 Å². The Bertz CT molecular complexity index is 705. The maximum Gasteiger partial charge on any atom is 0.241 e. The Balaban J connectivity index is 1.45. The number of carbonyl (C=O) groups is 2. The number of nitrogens with zero attached hydrogens (tertiary/aromatic N) is 3. The highest BCUT2D eigenvalue weighted by atomic mass is 16.2. The number of piperidine rings is 1. The van der Waals surface area contributed by atoms with Crippen LogP contribution < -0.4 is 5.32 Å². The lowest BCUT2D eigenvalue weighted by Gasteiger charge is -2.39. The van der Waals surface area contributed by atoms with E-state index in [1.54, 1.807) is 0 Å². The van der Waals surface area contributed by atoms with Crippen LogP contribution in [-0.2, 0) is 9.59 Å². The quantitative estimate of drug-likeness (QED) is 0.825. The van der Waals surface area contributed by atoms with Crippen molar-refractivity contribution in [2.75, 3.05) is 51.1 Å². The number of likely N-dealkylation sites (tertiary alicyclic amines) is 1. The van der Waals surface area contributed by atoms with Gasteiger partial charge in [0.25, 0.3) is 0 Å². The topological polar surface area (TPSA) is 55.9 Å². The average Bonchev–Trinajstić information content (AvgIpc) is 2.69. The maximum absolute atomic E-state index is 12.7. The highest BCUT2D eigenvalue weighted by Gasteiger charge is 2.29. The molecule has 1 N–H and O–H groups in total. The van der Waals surface area contributed by atoms with Crippen molar-refractivity contribution in [3.05, 3.63) is 29.8 Å². The first-order valence-electron chi connectivity index (χ1n) is 10.9. The van der Waals surface area contributed by atoms with Crippen molar-refractivity contribution in [1.82, 2.24) is 14.7 Å². The lowest BCUT2D eigenvalue weighted by Crippen LogP contribution is -2.55. The van der Waals surface area contributed by atoms with Gasteiger partial charge >= 0.3 is 0 Å². The molecule has 1 aromatic carbocycles. The van der Waals surface area contributed by atoms with Crippen LogP contribution in [0.2, 0.25) is 0 Å². The average molecular weight is 401 g/mol. The fourth-order valence-electron chi connectivity index (χ4n) is 4.58. The van der Waals surface area contributed by atoms with Crippen molar-refractivity contribution in [2.45, 2.75) is 40.2 Å². The van der Waals surface area contributed by atoms with Gasteiger partial charge in [-0.1, -0.05) is 32.0 Å². The second-order valence-electron chi connectivity index (χ2n) is 9.04. The molecule has 0 radical (unpaired) electrons. The van der Waals surface area contributed by atoms with E-state index in [4.69, 9.17) is 0 Å². The van der Waals surface area contributed by atoms with Gasteiger partial charge in [-0.05, 0) is 43.7 Å². The molecule has 0 aromatic heterocycles. The standard InChI is InChI=1S/C23H36N4O2/c1-17-13-18(2)15-27(14-17)22(28)16-25-9-11-26(12-10-25)20(4)23(29)24-21-8-6-5-7-19(21)3/h5-8,17-18,20H,9-16H2,1-4H3,(H,24,29). The van der Waals surface area contributed by atoms with Crippen LogP contribution in [0.1, 0.15) is 32.8 Å². The second kappa shape index (κ2) is 9.72. The van der Waals surface area contributed by atoms with Crippen molar-refractivity contribution in [3.63, 3.8) is 0 Å². The fourth-order valence-corrected chi connectivity index (χ4v) is 4.58. The molecule has 2 saturated heterocycles. The zero-order valence-corrected chi connectivity index (χ0v) is 18.4. The molecule has 2 aliphatic heterocycles. The second-order valence-corrected chi connectivity index (χ2v) is 9.04. The van der Waals surface area contributed by atoms with Gasteiger partial charge in [0.05, 0.1) is 12.6 Å². The largest absolute Gasteiger partial charge is 0.341 e. The van der Waals surface area contributed by atoms with Gasteiger partial charge in [-0.15, -0.1) is 0 Å². The van der Waals surface area contributed by atoms with Gasteiger partial charge < -0.3 is 10.2 Å². The lowest BCUT2D eigenvalue weighted by molar-refractivity contribution is -0.136. The third-order valence-corrected chi connectivity index (χ3v) is 6.32. The Kier molecular flexibility index (Phi) is 7.30. The molecule has 2 amide bonds. The summed E-state index contributed by atoms with van der Waals surface area (Å²) in [6.45, 7) is 14.0. The minimum Gasteiger partial charge on any atom is -0.341 e. The lowest BCUT2D eigenvalue weighted by atomic mass is 9.92. The van der Waals surface area contributed by atoms with Crippen LogP contribution in [-0.4, -0.2) is 78.4 Å². The molecule has 3 rings (SSSR count). The molecule has 0 saturated carbocycles. The summed E-state index contributed by atoms with van der Waals surface area (Å²) in [5.41, 5.74) is 1.94. The van der Waals surface area contributed by atoms with Crippen LogP contribution in [0.4, 0.5) is 5.69 Å². The zero-order chi connectivity index (χ0) is 21.0. The molecule has 2 aliphatic rings. The van der Waals surface area contributed by atoms with Gasteiger partial charge in [-0.25, -0.2) is 0 Å². The van der Waals surface area contributed by atoms with Crippen molar-refractivity contribution >= 4 is 17.5 Å². The summed E-state index contributed by atoms with van der Waals surface area (Å²) in [7, 11) is 0. The molecule has 3 unspecified atom stereocenters. The van der Waals surface area contributed by atoms with Gasteiger partial charge in [0.1, 0.15) is 0 Å². The molecular formula is C23H36N4O2. The number of carbonyl (C=O) groups excluding carboxylic acids is 2. The number of hydrogen-bond acceptors (Lipinski definition) is 4. The first kappa shape index (κ1) is 21.8. The highest BCUT2D eigenvalue weighted by molar-refractivity contribution is 5.95. The molecule has 6 heteroatoms. The normalized spacial score (nSPS) is 24.9. The van der Waals surface area contributed by atoms with E-state index in [-0.39, 0.29) is 17.9 Å². The Labute approximate surface area is 175 Å². The van der Waals surface area contributed by atoms with Crippen LogP contribution in [0.15, 0.2) is 24.3 Å². The molecule has 0 aliphatic carbocycles. The van der Waals surface area contributed by atoms with Gasteiger partial charge in [0.2, 0.25) is 11.8 Å². The van der Waals surface area contributed by atoms with E-state index >= 15 is 0 Å². The van der Waals surface area contributed by atoms with Crippen LogP contribution in [0.25, 0.3) is 0 Å². The van der Waals surface area contributed by atoms with Crippen LogP contribution >= 0.6 is 0 Å². The summed E-state index contributed by atoms with van der Waals surface area (Å²) in [5, 5.41) is 3.05. The van der Waals surface area contributed by atoms with E-state index in [1.165, 1.54) is 6.42 Å². The first-order valence-corrected chi connectivity index (χ1v) is 10.9. The Morgan fingerprint density at radius 3 is 2.31 bits per heavy atom. The van der Waals surface area contributed by atoms with E-state index < -0.39 is 0 Å². The maximum atomic E-state index is 12.7. The molecule has 2 fully saturated rings. The number of anilines is 1. The van der Waals surface area contributed by atoms with Gasteiger partial charge in [-0.2, -0.15) is 0 Å². The van der Waals surface area contributed by atoms with E-state index in [0.29, 0.717) is 18.4 Å². The number of aryl methyl sites for hydroxylation is 1. The molecule has 29 heavy (non-hydrogen) atoms. The van der Waals surface area contributed by atoms with Gasteiger partial charge in [-0.3, -0.25) is 19.4 Å². The van der Waals surface area contributed by atoms with E-state index in [9.17, 15) is 9.59 Å². The van der Waals surface area contributed by atoms with Crippen molar-refractivity contribution in [2.24, 2.45) is 11.8 Å². The molecule has 1 aromatic rings. The third-order valence-electron chi connectivity index (χ3n) is 6.32. The Morgan fingerprint density at radius 2 is 1.69 bits per heavy atom. The predicted molar refractivity (Wildman–Crippen MR) is 117 cm³/mol. The van der Waals surface area contributed by atoms with Crippen LogP contribution in [0.3, 0.4) is 0 Å². The summed E-state index contributed by atoms with van der Waals surface area (Å²) >= 11 is 0. The predicted octanol–water partition coefficient (Wildman–Crippen LogP) is 2.44. The number of piperazine rings is 1. The van der Waals surface area contributed by atoms with Crippen molar-refractivity contribution in [1.29, 1.82) is 0 Å². The molecule has 3 atom stereocenters. The molecule has 0 bridgehead atoms. The third kappa shape index (κ3) is 5.80. The first-order chi connectivity index (χ1) is 13.8. The van der Waals surface area contributed by atoms with Gasteiger partial charge in [0, 0.05) is 45.0 Å². The highest BCUT2D eigenvalue weighted by Crippen LogP contribution is 2.21. The summed E-state index contributed by atoms with van der Waals surface area (Å²) in [6.07, 6.45) is 1.21. The molecule has 160 valence electrons. The summed E-state index contributed by atoms with van der Waals surface area (Å²) in [6, 6.07) is 7.66. The van der Waals surface area contributed by atoms with E-state index in [2.05, 4.69) is 29.0 Å². The Hall–Kier alpha value is -1.92. The van der Waals surface area contributed by atoms with Crippen LogP contribution in [0, 0.1) is 18.8 Å². The van der Waals surface area contributed by atoms with Crippen molar-refractivity contribution < 1.29 is 9.59 Å². The van der Waals surface area contributed by atoms with E-state index in [1.807, 2.05) is 43.0 Å². The van der Waals surface area contributed by atoms with Crippen molar-refractivity contribution in [3.8, 4) is 0 Å².